The molecular weight excluding hydrogens is 292 g/mol. The number of nitrogens with one attached hydrogen (secondary N) is 1. The molecule has 0 radical (unpaired) electrons. The normalized spacial score (nSPS) is 21.8. The van der Waals surface area contributed by atoms with Crippen molar-refractivity contribution in [1.82, 2.24) is 4.90 Å². The van der Waals surface area contributed by atoms with Gasteiger partial charge in [-0.3, -0.25) is 4.79 Å². The van der Waals surface area contributed by atoms with Gasteiger partial charge in [0.25, 0.3) is 0 Å². The molecule has 0 unspecified atom stereocenters. The Kier molecular flexibility index (Phi) is 4.04. The number of para-hydroxylation sites is 1. The molecule has 1 aromatic rings. The van der Waals surface area contributed by atoms with Gasteiger partial charge in [-0.15, -0.1) is 0 Å². The second-order valence-electron chi connectivity index (χ2n) is 7.36. The van der Waals surface area contributed by atoms with Crippen LogP contribution in [0.3, 0.4) is 0 Å². The highest BCUT2D eigenvalue weighted by Crippen LogP contribution is 2.41. The zero-order chi connectivity index (χ0) is 16.6. The van der Waals surface area contributed by atoms with Gasteiger partial charge in [0.2, 0.25) is 5.91 Å². The highest BCUT2D eigenvalue weighted by molar-refractivity contribution is 6.03. The van der Waals surface area contributed by atoms with E-state index in [0.29, 0.717) is 13.1 Å². The number of carbonyl (C=O) groups excluding carboxylic acids is 2. The fourth-order valence-corrected chi connectivity index (χ4v) is 3.44. The molecule has 124 valence electrons. The minimum atomic E-state index is -0.474. The average Bonchev–Trinajstić information content (AvgIpc) is 2.81. The zero-order valence-electron chi connectivity index (χ0n) is 14.0. The van der Waals surface area contributed by atoms with Gasteiger partial charge in [-0.25, -0.2) is 4.79 Å². The van der Waals surface area contributed by atoms with Crippen LogP contribution in [0.25, 0.3) is 0 Å². The molecule has 2 aliphatic heterocycles. The third kappa shape index (κ3) is 3.33. The van der Waals surface area contributed by atoms with Gasteiger partial charge < -0.3 is 15.0 Å². The number of ether oxygens (including phenoxy) is 1. The highest BCUT2D eigenvalue weighted by atomic mass is 16.6. The van der Waals surface area contributed by atoms with Crippen LogP contribution in [0.15, 0.2) is 24.3 Å². The van der Waals surface area contributed by atoms with Crippen LogP contribution in [0.1, 0.15) is 45.1 Å². The molecule has 1 N–H and O–H groups in total. The lowest BCUT2D eigenvalue weighted by Crippen LogP contribution is -2.43. The van der Waals surface area contributed by atoms with Crippen molar-refractivity contribution < 1.29 is 14.3 Å². The fourth-order valence-electron chi connectivity index (χ4n) is 3.44. The Morgan fingerprint density at radius 2 is 1.87 bits per heavy atom. The molecule has 1 saturated heterocycles. The highest BCUT2D eigenvalue weighted by Gasteiger charge is 2.39. The van der Waals surface area contributed by atoms with E-state index in [1.807, 2.05) is 45.0 Å². The molecule has 1 aromatic carbocycles. The number of carbonyl (C=O) groups is 2. The standard InChI is InChI=1S/C18H24N2O3/c1-18(2,3)23-17(22)20-10-8-12(9-11-20)15-13-6-4-5-7-14(13)19-16(15)21/h4-7,12,15H,8-11H2,1-3H3,(H,19,21)/t15-/m0/s1. The molecular formula is C18H24N2O3. The molecule has 23 heavy (non-hydrogen) atoms. The summed E-state index contributed by atoms with van der Waals surface area (Å²) < 4.78 is 5.42. The number of nitrogens with zero attached hydrogens (tertiary/aromatic N) is 1. The quantitative estimate of drug-likeness (QED) is 0.864. The summed E-state index contributed by atoms with van der Waals surface area (Å²) in [6.45, 7) is 6.91. The molecule has 2 heterocycles. The summed E-state index contributed by atoms with van der Waals surface area (Å²) in [5, 5.41) is 2.97. The van der Waals surface area contributed by atoms with Gasteiger partial charge in [-0.1, -0.05) is 18.2 Å². The molecule has 5 nitrogen and oxygen atoms in total. The topological polar surface area (TPSA) is 58.6 Å². The molecule has 1 atom stereocenters. The van der Waals surface area contributed by atoms with E-state index in [2.05, 4.69) is 5.32 Å². The molecule has 0 aromatic heterocycles. The van der Waals surface area contributed by atoms with Crippen LogP contribution >= 0.6 is 0 Å². The van der Waals surface area contributed by atoms with Gasteiger partial charge in [0, 0.05) is 18.8 Å². The summed E-state index contributed by atoms with van der Waals surface area (Å²) >= 11 is 0. The van der Waals surface area contributed by atoms with Gasteiger partial charge in [-0.05, 0) is 51.2 Å². The lowest BCUT2D eigenvalue weighted by atomic mass is 9.81. The third-order valence-electron chi connectivity index (χ3n) is 4.50. The Balaban J connectivity index is 1.64. The van der Waals surface area contributed by atoms with Crippen molar-refractivity contribution in [3.05, 3.63) is 29.8 Å². The van der Waals surface area contributed by atoms with Gasteiger partial charge >= 0.3 is 6.09 Å². The fraction of sp³-hybridized carbons (Fsp3) is 0.556. The summed E-state index contributed by atoms with van der Waals surface area (Å²) in [5.74, 6) is 0.270. The van der Waals surface area contributed by atoms with Crippen molar-refractivity contribution in [3.8, 4) is 0 Å². The van der Waals surface area contributed by atoms with Crippen LogP contribution in [0.2, 0.25) is 0 Å². The van der Waals surface area contributed by atoms with E-state index in [9.17, 15) is 9.59 Å². The van der Waals surface area contributed by atoms with Crippen LogP contribution in [-0.4, -0.2) is 35.6 Å². The minimum Gasteiger partial charge on any atom is -0.444 e. The molecule has 0 bridgehead atoms. The predicted octanol–water partition coefficient (Wildman–Crippen LogP) is 3.37. The Hall–Kier alpha value is -2.04. The van der Waals surface area contributed by atoms with Gasteiger partial charge in [-0.2, -0.15) is 0 Å². The van der Waals surface area contributed by atoms with Crippen LogP contribution in [-0.2, 0) is 9.53 Å². The summed E-state index contributed by atoms with van der Waals surface area (Å²) in [4.78, 5) is 26.2. The smallest absolute Gasteiger partial charge is 0.410 e. The largest absolute Gasteiger partial charge is 0.444 e. The summed E-state index contributed by atoms with van der Waals surface area (Å²) in [7, 11) is 0. The number of likely N-dealkylation sites (tertiary alicyclic amines) is 1. The van der Waals surface area contributed by atoms with Crippen molar-refractivity contribution >= 4 is 17.7 Å². The van der Waals surface area contributed by atoms with Crippen molar-refractivity contribution in [2.24, 2.45) is 5.92 Å². The summed E-state index contributed by atoms with van der Waals surface area (Å²) in [6.07, 6.45) is 1.39. The van der Waals surface area contributed by atoms with E-state index in [1.165, 1.54) is 0 Å². The van der Waals surface area contributed by atoms with Gasteiger partial charge in [0.15, 0.2) is 0 Å². The van der Waals surface area contributed by atoms with E-state index in [-0.39, 0.29) is 23.8 Å². The molecule has 5 heteroatoms. The number of piperidine rings is 1. The second-order valence-corrected chi connectivity index (χ2v) is 7.36. The maximum absolute atomic E-state index is 12.3. The van der Waals surface area contributed by atoms with E-state index in [4.69, 9.17) is 4.74 Å². The maximum Gasteiger partial charge on any atom is 0.410 e. The second kappa shape index (κ2) is 5.87. The van der Waals surface area contributed by atoms with Gasteiger partial charge in [0.05, 0.1) is 5.92 Å². The molecule has 0 saturated carbocycles. The van der Waals surface area contributed by atoms with E-state index < -0.39 is 5.60 Å². The molecule has 2 amide bonds. The van der Waals surface area contributed by atoms with Crippen molar-refractivity contribution in [3.63, 3.8) is 0 Å². The lowest BCUT2D eigenvalue weighted by molar-refractivity contribution is -0.118. The van der Waals surface area contributed by atoms with Gasteiger partial charge in [0.1, 0.15) is 5.60 Å². The zero-order valence-corrected chi connectivity index (χ0v) is 14.0. The Morgan fingerprint density at radius 3 is 2.52 bits per heavy atom. The monoisotopic (exact) mass is 316 g/mol. The number of benzene rings is 1. The van der Waals surface area contributed by atoms with Crippen LogP contribution < -0.4 is 5.32 Å². The van der Waals surface area contributed by atoms with Crippen molar-refractivity contribution in [1.29, 1.82) is 0 Å². The Bertz CT molecular complexity index is 613. The third-order valence-corrected chi connectivity index (χ3v) is 4.50. The molecule has 3 rings (SSSR count). The first-order chi connectivity index (χ1) is 10.8. The van der Waals surface area contributed by atoms with E-state index in [1.54, 1.807) is 4.90 Å². The maximum atomic E-state index is 12.3. The molecule has 2 aliphatic rings. The number of hydrogen-bond donors (Lipinski definition) is 1. The SMILES string of the molecule is CC(C)(C)OC(=O)N1CCC([C@@H]2C(=O)Nc3ccccc32)CC1. The number of amides is 2. The van der Waals surface area contributed by atoms with Crippen molar-refractivity contribution in [2.45, 2.75) is 45.1 Å². The Labute approximate surface area is 137 Å². The molecule has 1 fully saturated rings. The average molecular weight is 316 g/mol. The number of fused-ring (bicyclic) bond motifs is 1. The summed E-state index contributed by atoms with van der Waals surface area (Å²) in [5.41, 5.74) is 1.54. The van der Waals surface area contributed by atoms with Crippen LogP contribution in [0.4, 0.5) is 10.5 Å². The van der Waals surface area contributed by atoms with E-state index >= 15 is 0 Å². The van der Waals surface area contributed by atoms with Crippen LogP contribution in [0, 0.1) is 5.92 Å². The summed E-state index contributed by atoms with van der Waals surface area (Å²) in [6, 6.07) is 7.88. The molecule has 0 spiro atoms. The molecule has 0 aliphatic carbocycles. The van der Waals surface area contributed by atoms with Crippen molar-refractivity contribution in [2.75, 3.05) is 18.4 Å². The first-order valence-corrected chi connectivity index (χ1v) is 8.23. The van der Waals surface area contributed by atoms with E-state index in [0.717, 1.165) is 24.1 Å². The predicted molar refractivity (Wildman–Crippen MR) is 88.3 cm³/mol. The number of hydrogen-bond acceptors (Lipinski definition) is 3. The lowest BCUT2D eigenvalue weighted by Gasteiger charge is -2.35. The minimum absolute atomic E-state index is 0.0851. The first kappa shape index (κ1) is 15.8. The first-order valence-electron chi connectivity index (χ1n) is 8.23. The Morgan fingerprint density at radius 1 is 1.22 bits per heavy atom. The van der Waals surface area contributed by atoms with Crippen LogP contribution in [0.5, 0.6) is 0 Å². The number of anilines is 1. The number of rotatable bonds is 1.